The Morgan fingerprint density at radius 2 is 1.71 bits per heavy atom. The third-order valence-electron chi connectivity index (χ3n) is 4.43. The summed E-state index contributed by atoms with van der Waals surface area (Å²) in [5.41, 5.74) is 1.42. The smallest absolute Gasteiger partial charge is 0.264 e. The summed E-state index contributed by atoms with van der Waals surface area (Å²) in [7, 11) is -3.91. The van der Waals surface area contributed by atoms with Crippen LogP contribution in [0, 0.1) is 0 Å². The predicted octanol–water partition coefficient (Wildman–Crippen LogP) is 3.06. The van der Waals surface area contributed by atoms with Crippen molar-refractivity contribution >= 4 is 38.4 Å². The second-order valence-electron chi connectivity index (χ2n) is 6.35. The highest BCUT2D eigenvalue weighted by atomic mass is 32.2. The summed E-state index contributed by atoms with van der Waals surface area (Å²) in [5, 5.41) is 3.83. The Hall–Kier alpha value is -3.13. The maximum absolute atomic E-state index is 12.6. The Morgan fingerprint density at radius 1 is 1.04 bits per heavy atom. The molecule has 0 aliphatic carbocycles. The summed E-state index contributed by atoms with van der Waals surface area (Å²) in [4.78, 5) is 23.9. The minimum atomic E-state index is -3.91. The van der Waals surface area contributed by atoms with Crippen LogP contribution >= 0.6 is 0 Å². The molecule has 7 nitrogen and oxygen atoms in total. The number of anilines is 1. The molecule has 1 heterocycles. The van der Waals surface area contributed by atoms with Gasteiger partial charge in [-0.15, -0.1) is 0 Å². The molecule has 0 spiro atoms. The second-order valence-corrected chi connectivity index (χ2v) is 8.04. The molecule has 2 N–H and O–H groups in total. The van der Waals surface area contributed by atoms with Gasteiger partial charge in [0.25, 0.3) is 10.0 Å². The van der Waals surface area contributed by atoms with Gasteiger partial charge in [-0.25, -0.2) is 13.1 Å². The number of carbonyl (C=O) groups excluding carboxylic acids is 2. The molecule has 0 aliphatic rings. The number of fused-ring (bicyclic) bond motifs is 1. The minimum Gasteiger partial charge on any atom is -0.335 e. The monoisotopic (exact) mass is 399 g/mol. The van der Waals surface area contributed by atoms with Crippen LogP contribution in [0.1, 0.15) is 26.3 Å². The van der Waals surface area contributed by atoms with E-state index in [4.69, 9.17) is 0 Å². The van der Waals surface area contributed by atoms with Crippen molar-refractivity contribution in [1.82, 2.24) is 9.29 Å². The van der Waals surface area contributed by atoms with Crippen molar-refractivity contribution in [2.45, 2.75) is 31.2 Å². The molecule has 0 aliphatic heterocycles. The van der Waals surface area contributed by atoms with Gasteiger partial charge in [-0.2, -0.15) is 0 Å². The number of nitrogens with zero attached hydrogens (tertiary/aromatic N) is 1. The minimum absolute atomic E-state index is 0.0447. The van der Waals surface area contributed by atoms with E-state index in [0.717, 1.165) is 10.9 Å². The molecule has 3 aromatic rings. The third kappa shape index (κ3) is 4.07. The number of aromatic nitrogens is 1. The lowest BCUT2D eigenvalue weighted by Crippen LogP contribution is -2.29. The van der Waals surface area contributed by atoms with Crippen molar-refractivity contribution in [3.05, 3.63) is 60.8 Å². The fourth-order valence-electron chi connectivity index (χ4n) is 2.81. The Balaban J connectivity index is 1.73. The van der Waals surface area contributed by atoms with Crippen LogP contribution in [0.2, 0.25) is 0 Å². The maximum atomic E-state index is 12.6. The molecule has 0 saturated heterocycles. The first kappa shape index (κ1) is 19.6. The SMILES string of the molecule is CCC(=O)NS(=O)(=O)c1ccc(NC(=O)C(C)n2ccc3ccccc32)cc1. The number of sulfonamides is 1. The van der Waals surface area contributed by atoms with Crippen LogP contribution < -0.4 is 10.0 Å². The normalized spacial score (nSPS) is 12.5. The van der Waals surface area contributed by atoms with Crippen molar-refractivity contribution in [2.24, 2.45) is 0 Å². The van der Waals surface area contributed by atoms with E-state index in [0.29, 0.717) is 5.69 Å². The third-order valence-corrected chi connectivity index (χ3v) is 5.82. The van der Waals surface area contributed by atoms with Crippen molar-refractivity contribution in [3.63, 3.8) is 0 Å². The Kier molecular flexibility index (Phi) is 5.51. The molecule has 0 radical (unpaired) electrons. The molecule has 0 saturated carbocycles. The van der Waals surface area contributed by atoms with Gasteiger partial charge in [0.1, 0.15) is 6.04 Å². The predicted molar refractivity (Wildman–Crippen MR) is 107 cm³/mol. The van der Waals surface area contributed by atoms with Gasteiger partial charge >= 0.3 is 0 Å². The van der Waals surface area contributed by atoms with Gasteiger partial charge in [-0.1, -0.05) is 25.1 Å². The van der Waals surface area contributed by atoms with E-state index < -0.39 is 22.0 Å². The number of hydrogen-bond acceptors (Lipinski definition) is 4. The molecular weight excluding hydrogens is 378 g/mol. The van der Waals surface area contributed by atoms with Crippen molar-refractivity contribution < 1.29 is 18.0 Å². The summed E-state index contributed by atoms with van der Waals surface area (Å²) in [6.45, 7) is 3.36. The van der Waals surface area contributed by atoms with Crippen LogP contribution in [0.15, 0.2) is 65.7 Å². The van der Waals surface area contributed by atoms with E-state index in [1.165, 1.54) is 24.3 Å². The zero-order valence-corrected chi connectivity index (χ0v) is 16.4. The lowest BCUT2D eigenvalue weighted by Gasteiger charge is -2.15. The zero-order valence-electron chi connectivity index (χ0n) is 15.5. The van der Waals surface area contributed by atoms with E-state index in [1.54, 1.807) is 13.8 Å². The lowest BCUT2D eigenvalue weighted by molar-refractivity contribution is -0.119. The van der Waals surface area contributed by atoms with Gasteiger partial charge in [-0.3, -0.25) is 9.59 Å². The van der Waals surface area contributed by atoms with Gasteiger partial charge in [0, 0.05) is 23.8 Å². The van der Waals surface area contributed by atoms with Gasteiger partial charge in [0.15, 0.2) is 0 Å². The highest BCUT2D eigenvalue weighted by molar-refractivity contribution is 7.90. The standard InChI is InChI=1S/C20H21N3O4S/c1-3-19(24)22-28(26,27)17-10-8-16(9-11-17)21-20(25)14(2)23-13-12-15-6-4-5-7-18(15)23/h4-14H,3H2,1-2H3,(H,21,25)(H,22,24). The molecule has 1 aromatic heterocycles. The largest absolute Gasteiger partial charge is 0.335 e. The average Bonchev–Trinajstić information content (AvgIpc) is 3.11. The quantitative estimate of drug-likeness (QED) is 0.666. The molecule has 1 unspecified atom stereocenters. The van der Waals surface area contributed by atoms with E-state index in [2.05, 4.69) is 5.32 Å². The molecule has 0 bridgehead atoms. The summed E-state index contributed by atoms with van der Waals surface area (Å²) >= 11 is 0. The first-order valence-electron chi connectivity index (χ1n) is 8.84. The Morgan fingerprint density at radius 3 is 2.39 bits per heavy atom. The molecule has 0 fully saturated rings. The highest BCUT2D eigenvalue weighted by Crippen LogP contribution is 2.21. The molecule has 2 aromatic carbocycles. The number of rotatable bonds is 6. The van der Waals surface area contributed by atoms with Crippen LogP contribution in [-0.4, -0.2) is 24.8 Å². The molecule has 8 heteroatoms. The van der Waals surface area contributed by atoms with Gasteiger partial charge in [-0.05, 0) is 48.7 Å². The van der Waals surface area contributed by atoms with Crippen LogP contribution in [-0.2, 0) is 19.6 Å². The molecular formula is C20H21N3O4S. The topological polar surface area (TPSA) is 97.3 Å². The number of hydrogen-bond donors (Lipinski definition) is 2. The van der Waals surface area contributed by atoms with Gasteiger partial charge in [0.05, 0.1) is 4.90 Å². The van der Waals surface area contributed by atoms with Crippen molar-refractivity contribution in [3.8, 4) is 0 Å². The summed E-state index contributed by atoms with van der Waals surface area (Å²) in [5.74, 6) is -0.804. The molecule has 146 valence electrons. The summed E-state index contributed by atoms with van der Waals surface area (Å²) < 4.78 is 28.1. The van der Waals surface area contributed by atoms with Crippen LogP contribution in [0.5, 0.6) is 0 Å². The fourth-order valence-corrected chi connectivity index (χ4v) is 3.87. The second kappa shape index (κ2) is 7.85. The number of para-hydroxylation sites is 1. The van der Waals surface area contributed by atoms with E-state index in [1.807, 2.05) is 45.8 Å². The highest BCUT2D eigenvalue weighted by Gasteiger charge is 2.19. The molecule has 3 rings (SSSR count). The van der Waals surface area contributed by atoms with Gasteiger partial charge < -0.3 is 9.88 Å². The first-order valence-corrected chi connectivity index (χ1v) is 10.3. The molecule has 2 amide bonds. The summed E-state index contributed by atoms with van der Waals surface area (Å²) in [6, 6.07) is 14.9. The van der Waals surface area contributed by atoms with E-state index >= 15 is 0 Å². The van der Waals surface area contributed by atoms with Gasteiger partial charge in [0.2, 0.25) is 11.8 Å². The zero-order chi connectivity index (χ0) is 20.3. The maximum Gasteiger partial charge on any atom is 0.264 e. The molecule has 28 heavy (non-hydrogen) atoms. The van der Waals surface area contributed by atoms with Crippen LogP contribution in [0.3, 0.4) is 0 Å². The Labute approximate surface area is 163 Å². The molecule has 1 atom stereocenters. The first-order chi connectivity index (χ1) is 13.3. The lowest BCUT2D eigenvalue weighted by atomic mass is 10.2. The van der Waals surface area contributed by atoms with Crippen LogP contribution in [0.4, 0.5) is 5.69 Å². The number of benzene rings is 2. The van der Waals surface area contributed by atoms with Crippen LogP contribution in [0.25, 0.3) is 10.9 Å². The van der Waals surface area contributed by atoms with Crippen molar-refractivity contribution in [2.75, 3.05) is 5.32 Å². The fraction of sp³-hybridized carbons (Fsp3) is 0.200. The number of carbonyl (C=O) groups is 2. The Bertz CT molecular complexity index is 1120. The van der Waals surface area contributed by atoms with E-state index in [-0.39, 0.29) is 17.2 Å². The average molecular weight is 399 g/mol. The number of nitrogens with one attached hydrogen (secondary N) is 2. The number of amides is 2. The summed E-state index contributed by atoms with van der Waals surface area (Å²) in [6.07, 6.45) is 1.93. The van der Waals surface area contributed by atoms with Crippen molar-refractivity contribution in [1.29, 1.82) is 0 Å². The van der Waals surface area contributed by atoms with E-state index in [9.17, 15) is 18.0 Å².